The summed E-state index contributed by atoms with van der Waals surface area (Å²) >= 11 is 0. The van der Waals surface area contributed by atoms with Crippen molar-refractivity contribution in [3.05, 3.63) is 326 Å². The molecular formula is C91H75N5OPt-2. The van der Waals surface area contributed by atoms with Crippen LogP contribution in [0.5, 0.6) is 11.5 Å². The molecule has 3 aromatic heterocycles. The van der Waals surface area contributed by atoms with Crippen molar-refractivity contribution in [1.82, 2.24) is 19.3 Å². The fraction of sp³-hybridized carbons (Fsp3) is 0.132. The molecule has 6 nitrogen and oxygen atoms in total. The molecule has 482 valence electrons. The van der Waals surface area contributed by atoms with Gasteiger partial charge in [-0.05, 0) is 182 Å². The van der Waals surface area contributed by atoms with Gasteiger partial charge in [-0.1, -0.05) is 268 Å². The summed E-state index contributed by atoms with van der Waals surface area (Å²) in [6, 6.07) is 110. The van der Waals surface area contributed by atoms with Crippen LogP contribution in [-0.2, 0) is 37.3 Å². The third-order valence-electron chi connectivity index (χ3n) is 18.5. The van der Waals surface area contributed by atoms with Crippen molar-refractivity contribution >= 4 is 21.8 Å². The summed E-state index contributed by atoms with van der Waals surface area (Å²) in [5, 5.41) is 7.98. The molecular weight excluding hydrogens is 1370 g/mol. The van der Waals surface area contributed by atoms with Gasteiger partial charge in [0.2, 0.25) is 12.2 Å². The Morgan fingerprint density at radius 1 is 0.367 bits per heavy atom. The minimum atomic E-state index is -0.195. The normalized spacial score (nSPS) is 11.8. The molecule has 0 aliphatic rings. The Morgan fingerprint density at radius 2 is 0.827 bits per heavy atom. The molecule has 15 aromatic rings. The Hall–Kier alpha value is -10.8. The molecule has 0 spiro atoms. The molecule has 0 aliphatic carbocycles. The fourth-order valence-corrected chi connectivity index (χ4v) is 13.2. The van der Waals surface area contributed by atoms with Crippen molar-refractivity contribution in [2.45, 2.75) is 78.6 Å². The van der Waals surface area contributed by atoms with E-state index in [0.717, 1.165) is 117 Å². The average molecular weight is 1450 g/mol. The summed E-state index contributed by atoms with van der Waals surface area (Å²) in [6.45, 7) is 20.4. The van der Waals surface area contributed by atoms with Gasteiger partial charge in [0, 0.05) is 55.5 Å². The standard InChI is InChI=1S/C91H75N5O.Pt/c1-89(2,3)73-45-46-92-86(57-73)96-84-44-41-66(61-27-15-10-16-28-61)53-83(84)82-43-42-79(59-85(82)96)97-78-38-25-37-76(58-78)95-60-94(77-55-74(90(4,5)6)54-75(56-77)91(7,8)9)88(93-95)87-80(71-49-67(62-29-17-11-18-30-62)47-68(50-71)63-31-19-12-20-32-63)39-26-40-81(87)72-51-69(64-33-21-13-22-34-64)48-70(52-72)65-35-23-14-24-36-65;/h10-57H,1-9H3;/q-2;. The topological polar surface area (TPSA) is 48.8 Å². The zero-order valence-corrected chi connectivity index (χ0v) is 58.9. The van der Waals surface area contributed by atoms with Gasteiger partial charge in [0.25, 0.3) is 0 Å². The van der Waals surface area contributed by atoms with Gasteiger partial charge in [-0.2, -0.15) is 22.9 Å². The summed E-state index contributed by atoms with van der Waals surface area (Å²) in [5.74, 6) is 2.54. The molecule has 0 radical (unpaired) electrons. The molecule has 7 heteroatoms. The van der Waals surface area contributed by atoms with Crippen LogP contribution in [-0.4, -0.2) is 19.3 Å². The second-order valence-electron chi connectivity index (χ2n) is 28.4. The van der Waals surface area contributed by atoms with Crippen molar-refractivity contribution < 1.29 is 30.4 Å². The number of rotatable bonds is 13. The van der Waals surface area contributed by atoms with E-state index >= 15 is 0 Å². The molecule has 0 amide bonds. The minimum Gasteiger partial charge on any atom is -0.510 e. The fourth-order valence-electron chi connectivity index (χ4n) is 13.2. The molecule has 0 unspecified atom stereocenters. The van der Waals surface area contributed by atoms with Gasteiger partial charge in [0.05, 0.1) is 0 Å². The second-order valence-corrected chi connectivity index (χ2v) is 28.4. The van der Waals surface area contributed by atoms with E-state index in [1.807, 2.05) is 35.1 Å². The Morgan fingerprint density at radius 3 is 1.32 bits per heavy atom. The molecule has 0 N–H and O–H groups in total. The molecule has 12 aromatic carbocycles. The maximum atomic E-state index is 6.96. The Balaban J connectivity index is 0.00000821. The van der Waals surface area contributed by atoms with E-state index in [0.29, 0.717) is 23.0 Å². The maximum absolute atomic E-state index is 6.96. The number of pyridine rings is 1. The van der Waals surface area contributed by atoms with Crippen LogP contribution in [0.15, 0.2) is 291 Å². The number of hydrogen-bond acceptors (Lipinski definition) is 3. The predicted octanol–water partition coefficient (Wildman–Crippen LogP) is 23.1. The zero-order chi connectivity index (χ0) is 66.6. The van der Waals surface area contributed by atoms with Gasteiger partial charge in [0.15, 0.2) is 0 Å². The van der Waals surface area contributed by atoms with E-state index in [1.54, 1.807) is 0 Å². The number of aromatic nitrogens is 5. The Bertz CT molecular complexity index is 5110. The number of nitrogens with zero attached hydrogens (tertiary/aromatic N) is 5. The SMILES string of the molecule is CC(C)(C)c1cc(-[n+]2[c-]n(-c3[c-]c(Oc4[c-]c5c(cc4)c4cc(-c6ccccc6)ccc4n5-c4cc(C(C)(C)C)ccn4)ccc3)nc2-c2c(-c3cc(-c4ccccc4)cc(-c4ccccc4)c3)cccc2-c2cc(-c3ccccc3)cc(-c3ccccc3)c2)cc(C(C)(C)C)c1.[Pt]. The first kappa shape index (κ1) is 64.6. The van der Waals surface area contributed by atoms with Crippen LogP contribution in [0.4, 0.5) is 0 Å². The molecule has 0 fully saturated rings. The van der Waals surface area contributed by atoms with Crippen molar-refractivity contribution in [3.63, 3.8) is 0 Å². The van der Waals surface area contributed by atoms with Gasteiger partial charge in [-0.3, -0.25) is 0 Å². The van der Waals surface area contributed by atoms with Crippen LogP contribution in [0.25, 0.3) is 128 Å². The first-order valence-electron chi connectivity index (χ1n) is 33.4. The largest absolute Gasteiger partial charge is 0.510 e. The van der Waals surface area contributed by atoms with Gasteiger partial charge >= 0.3 is 0 Å². The quantitative estimate of drug-likeness (QED) is 0.0854. The number of fused-ring (bicyclic) bond motifs is 3. The number of ether oxygens (including phenoxy) is 1. The molecule has 0 bridgehead atoms. The number of benzene rings is 12. The van der Waals surface area contributed by atoms with E-state index in [-0.39, 0.29) is 37.3 Å². The van der Waals surface area contributed by atoms with E-state index < -0.39 is 0 Å². The third-order valence-corrected chi connectivity index (χ3v) is 18.5. The number of hydrogen-bond donors (Lipinski definition) is 0. The van der Waals surface area contributed by atoms with Gasteiger partial charge in [-0.25, -0.2) is 4.98 Å². The summed E-state index contributed by atoms with van der Waals surface area (Å²) in [7, 11) is 0. The third kappa shape index (κ3) is 13.0. The van der Waals surface area contributed by atoms with Crippen molar-refractivity contribution in [2.75, 3.05) is 0 Å². The summed E-state index contributed by atoms with van der Waals surface area (Å²) in [5.41, 5.74) is 22.8. The van der Waals surface area contributed by atoms with E-state index in [4.69, 9.17) is 14.8 Å². The van der Waals surface area contributed by atoms with E-state index in [1.165, 1.54) is 16.7 Å². The van der Waals surface area contributed by atoms with Gasteiger partial charge < -0.3 is 13.9 Å². The van der Waals surface area contributed by atoms with Crippen LogP contribution in [0.2, 0.25) is 0 Å². The first-order valence-corrected chi connectivity index (χ1v) is 33.4. The molecule has 0 atom stereocenters. The first-order chi connectivity index (χ1) is 46.9. The molecule has 15 rings (SSSR count). The molecule has 0 saturated heterocycles. The molecule has 98 heavy (non-hydrogen) atoms. The van der Waals surface area contributed by atoms with Crippen LogP contribution in [0, 0.1) is 18.5 Å². The van der Waals surface area contributed by atoms with Crippen molar-refractivity contribution in [2.24, 2.45) is 0 Å². The molecule has 0 saturated carbocycles. The minimum absolute atomic E-state index is 0. The van der Waals surface area contributed by atoms with E-state index in [9.17, 15) is 0 Å². The Kier molecular flexibility index (Phi) is 17.3. The van der Waals surface area contributed by atoms with Gasteiger partial charge in [0.1, 0.15) is 5.82 Å². The van der Waals surface area contributed by atoms with Gasteiger partial charge in [-0.15, -0.1) is 29.7 Å². The second kappa shape index (κ2) is 26.3. The summed E-state index contributed by atoms with van der Waals surface area (Å²) in [6.07, 6.45) is 5.79. The van der Waals surface area contributed by atoms with Crippen LogP contribution in [0.3, 0.4) is 0 Å². The molecule has 0 aliphatic heterocycles. The average Bonchev–Trinajstić information content (AvgIpc) is 1.55. The molecule has 3 heterocycles. The zero-order valence-electron chi connectivity index (χ0n) is 56.7. The maximum Gasteiger partial charge on any atom is 0.233 e. The van der Waals surface area contributed by atoms with Crippen LogP contribution >= 0.6 is 0 Å². The van der Waals surface area contributed by atoms with Crippen LogP contribution in [0.1, 0.15) is 79.0 Å². The predicted molar refractivity (Wildman–Crippen MR) is 400 cm³/mol. The van der Waals surface area contributed by atoms with Crippen molar-refractivity contribution in [3.8, 4) is 118 Å². The van der Waals surface area contributed by atoms with Crippen molar-refractivity contribution in [1.29, 1.82) is 0 Å². The monoisotopic (exact) mass is 1450 g/mol. The summed E-state index contributed by atoms with van der Waals surface area (Å²) < 4.78 is 13.2. The Labute approximate surface area is 590 Å². The van der Waals surface area contributed by atoms with Crippen LogP contribution < -0.4 is 9.30 Å². The summed E-state index contributed by atoms with van der Waals surface area (Å²) in [4.78, 5) is 5.01. The smallest absolute Gasteiger partial charge is 0.233 e. The van der Waals surface area contributed by atoms with E-state index in [2.05, 4.69) is 351 Å².